The number of hydrogen-bond acceptors (Lipinski definition) is 2. The Kier molecular flexibility index (Phi) is 5.33. The number of nitrogens with zero attached hydrogens (tertiary/aromatic N) is 1. The summed E-state index contributed by atoms with van der Waals surface area (Å²) >= 11 is 0. The lowest BCUT2D eigenvalue weighted by molar-refractivity contribution is -0.131. The summed E-state index contributed by atoms with van der Waals surface area (Å²) in [5.74, 6) is -0.378. The molecule has 0 unspecified atom stereocenters. The molecule has 0 heterocycles. The zero-order chi connectivity index (χ0) is 14.5. The zero-order valence-electron chi connectivity index (χ0n) is 12.2. The molecule has 2 amide bonds. The highest BCUT2D eigenvalue weighted by Crippen LogP contribution is 2.33. The number of carbonyl (C=O) groups is 2. The van der Waals surface area contributed by atoms with Crippen LogP contribution in [0.5, 0.6) is 0 Å². The fraction of sp³-hybridized carbons (Fsp3) is 0.600. The minimum atomic E-state index is -0.243. The molecule has 0 aliphatic heterocycles. The standard InChI is InChI=1S/C15H24N2O2/c1-5-14(19)17(4)10-13(18)16-11-15(2,3)12-8-6-7-9-12/h5,8H,1,6-7,9-11H2,2-4H3,(H,16,18). The lowest BCUT2D eigenvalue weighted by Gasteiger charge is -2.27. The van der Waals surface area contributed by atoms with Crippen LogP contribution in [-0.4, -0.2) is 36.9 Å². The third-order valence-corrected chi connectivity index (χ3v) is 3.57. The van der Waals surface area contributed by atoms with Crippen molar-refractivity contribution in [3.63, 3.8) is 0 Å². The molecular weight excluding hydrogens is 240 g/mol. The summed E-state index contributed by atoms with van der Waals surface area (Å²) in [6.07, 6.45) is 6.96. The third-order valence-electron chi connectivity index (χ3n) is 3.57. The molecule has 4 heteroatoms. The fourth-order valence-corrected chi connectivity index (χ4v) is 2.22. The van der Waals surface area contributed by atoms with E-state index in [0.717, 1.165) is 12.8 Å². The van der Waals surface area contributed by atoms with E-state index in [1.54, 1.807) is 7.05 Å². The van der Waals surface area contributed by atoms with Crippen LogP contribution in [0, 0.1) is 5.41 Å². The molecule has 1 rings (SSSR count). The van der Waals surface area contributed by atoms with E-state index in [9.17, 15) is 9.59 Å². The van der Waals surface area contributed by atoms with E-state index in [2.05, 4.69) is 31.8 Å². The minimum absolute atomic E-state index is 0.00677. The Labute approximate surface area is 115 Å². The van der Waals surface area contributed by atoms with Gasteiger partial charge < -0.3 is 10.2 Å². The van der Waals surface area contributed by atoms with Gasteiger partial charge in [-0.2, -0.15) is 0 Å². The molecule has 0 radical (unpaired) electrons. The number of hydrogen-bond donors (Lipinski definition) is 1. The number of likely N-dealkylation sites (N-methyl/N-ethyl adjacent to an activating group) is 1. The van der Waals surface area contributed by atoms with Crippen LogP contribution in [0.25, 0.3) is 0 Å². The molecule has 0 aromatic carbocycles. The zero-order valence-corrected chi connectivity index (χ0v) is 12.2. The highest BCUT2D eigenvalue weighted by atomic mass is 16.2. The van der Waals surface area contributed by atoms with Gasteiger partial charge in [0.2, 0.25) is 11.8 Å². The van der Waals surface area contributed by atoms with E-state index in [4.69, 9.17) is 0 Å². The van der Waals surface area contributed by atoms with Crippen molar-refractivity contribution in [2.75, 3.05) is 20.1 Å². The molecule has 19 heavy (non-hydrogen) atoms. The minimum Gasteiger partial charge on any atom is -0.354 e. The topological polar surface area (TPSA) is 49.4 Å². The number of allylic oxidation sites excluding steroid dienone is 1. The predicted octanol–water partition coefficient (Wildman–Crippen LogP) is 1.88. The number of carbonyl (C=O) groups excluding carboxylic acids is 2. The van der Waals surface area contributed by atoms with Gasteiger partial charge in [-0.05, 0) is 25.3 Å². The quantitative estimate of drug-likeness (QED) is 0.588. The van der Waals surface area contributed by atoms with Gasteiger partial charge in [-0.3, -0.25) is 9.59 Å². The summed E-state index contributed by atoms with van der Waals surface area (Å²) in [5, 5.41) is 2.90. The van der Waals surface area contributed by atoms with Crippen molar-refractivity contribution >= 4 is 11.8 Å². The Hall–Kier alpha value is -1.58. The average molecular weight is 264 g/mol. The van der Waals surface area contributed by atoms with Gasteiger partial charge in [0.1, 0.15) is 0 Å². The van der Waals surface area contributed by atoms with Gasteiger partial charge in [-0.1, -0.05) is 32.1 Å². The number of nitrogens with one attached hydrogen (secondary N) is 1. The van der Waals surface area contributed by atoms with Crippen LogP contribution in [0.15, 0.2) is 24.3 Å². The molecule has 1 aliphatic rings. The van der Waals surface area contributed by atoms with E-state index < -0.39 is 0 Å². The van der Waals surface area contributed by atoms with Crippen molar-refractivity contribution in [3.05, 3.63) is 24.3 Å². The van der Waals surface area contributed by atoms with Crippen LogP contribution in [0.2, 0.25) is 0 Å². The highest BCUT2D eigenvalue weighted by molar-refractivity contribution is 5.90. The molecule has 1 aliphatic carbocycles. The molecule has 4 nitrogen and oxygen atoms in total. The summed E-state index contributed by atoms with van der Waals surface area (Å²) in [4.78, 5) is 24.4. The molecule has 0 bridgehead atoms. The Bertz CT molecular complexity index is 397. The second-order valence-corrected chi connectivity index (χ2v) is 5.68. The normalized spacial score (nSPS) is 14.8. The molecule has 0 spiro atoms. The van der Waals surface area contributed by atoms with Crippen LogP contribution in [0.4, 0.5) is 0 Å². The van der Waals surface area contributed by atoms with Gasteiger partial charge in [0.15, 0.2) is 0 Å². The predicted molar refractivity (Wildman–Crippen MR) is 76.6 cm³/mol. The monoisotopic (exact) mass is 264 g/mol. The fourth-order valence-electron chi connectivity index (χ4n) is 2.22. The number of rotatable bonds is 6. The lowest BCUT2D eigenvalue weighted by atomic mass is 9.83. The smallest absolute Gasteiger partial charge is 0.246 e. The molecule has 0 saturated carbocycles. The van der Waals surface area contributed by atoms with Crippen molar-refractivity contribution in [1.29, 1.82) is 0 Å². The second-order valence-electron chi connectivity index (χ2n) is 5.68. The molecule has 0 aromatic rings. The molecule has 0 saturated heterocycles. The molecule has 0 atom stereocenters. The molecular formula is C15H24N2O2. The van der Waals surface area contributed by atoms with Crippen LogP contribution < -0.4 is 5.32 Å². The molecule has 0 aromatic heterocycles. The maximum Gasteiger partial charge on any atom is 0.246 e. The van der Waals surface area contributed by atoms with Gasteiger partial charge in [-0.15, -0.1) is 0 Å². The Morgan fingerprint density at radius 3 is 2.74 bits per heavy atom. The Morgan fingerprint density at radius 2 is 2.21 bits per heavy atom. The maximum atomic E-state index is 11.8. The van der Waals surface area contributed by atoms with Gasteiger partial charge in [0, 0.05) is 19.0 Å². The van der Waals surface area contributed by atoms with Gasteiger partial charge >= 0.3 is 0 Å². The first-order chi connectivity index (χ1) is 8.86. The van der Waals surface area contributed by atoms with Crippen molar-refractivity contribution in [2.45, 2.75) is 33.1 Å². The van der Waals surface area contributed by atoms with Crippen LogP contribution in [0.3, 0.4) is 0 Å². The summed E-state index contributed by atoms with van der Waals surface area (Å²) in [7, 11) is 1.59. The lowest BCUT2D eigenvalue weighted by Crippen LogP contribution is -2.41. The van der Waals surface area contributed by atoms with E-state index in [1.165, 1.54) is 23.0 Å². The molecule has 0 fully saturated rings. The van der Waals surface area contributed by atoms with Gasteiger partial charge in [0.25, 0.3) is 0 Å². The summed E-state index contributed by atoms with van der Waals surface area (Å²) in [5.41, 5.74) is 1.41. The van der Waals surface area contributed by atoms with Crippen molar-refractivity contribution in [3.8, 4) is 0 Å². The van der Waals surface area contributed by atoms with Crippen LogP contribution in [0.1, 0.15) is 33.1 Å². The van der Waals surface area contributed by atoms with Gasteiger partial charge in [0.05, 0.1) is 6.54 Å². The Balaban J connectivity index is 2.41. The maximum absolute atomic E-state index is 11.8. The number of amides is 2. The van der Waals surface area contributed by atoms with Crippen molar-refractivity contribution in [2.24, 2.45) is 5.41 Å². The highest BCUT2D eigenvalue weighted by Gasteiger charge is 2.25. The summed E-state index contributed by atoms with van der Waals surface area (Å²) < 4.78 is 0. The first-order valence-electron chi connectivity index (χ1n) is 6.70. The van der Waals surface area contributed by atoms with Crippen LogP contribution >= 0.6 is 0 Å². The first-order valence-corrected chi connectivity index (χ1v) is 6.70. The largest absolute Gasteiger partial charge is 0.354 e. The van der Waals surface area contributed by atoms with E-state index in [-0.39, 0.29) is 23.8 Å². The van der Waals surface area contributed by atoms with E-state index >= 15 is 0 Å². The molecule has 106 valence electrons. The SMILES string of the molecule is C=CC(=O)N(C)CC(=O)NCC(C)(C)C1=CCCC1. The Morgan fingerprint density at radius 1 is 1.53 bits per heavy atom. The van der Waals surface area contributed by atoms with Gasteiger partial charge in [-0.25, -0.2) is 0 Å². The van der Waals surface area contributed by atoms with Crippen LogP contribution in [-0.2, 0) is 9.59 Å². The average Bonchev–Trinajstić information content (AvgIpc) is 2.90. The van der Waals surface area contributed by atoms with Crippen molar-refractivity contribution < 1.29 is 9.59 Å². The summed E-state index contributed by atoms with van der Waals surface area (Å²) in [6.45, 7) is 8.35. The van der Waals surface area contributed by atoms with E-state index in [0.29, 0.717) is 6.54 Å². The third kappa shape index (κ3) is 4.54. The first kappa shape index (κ1) is 15.5. The van der Waals surface area contributed by atoms with Crippen molar-refractivity contribution in [1.82, 2.24) is 10.2 Å². The second kappa shape index (κ2) is 6.55. The summed E-state index contributed by atoms with van der Waals surface area (Å²) in [6, 6.07) is 0. The van der Waals surface area contributed by atoms with E-state index in [1.807, 2.05) is 0 Å². The molecule has 1 N–H and O–H groups in total.